The van der Waals surface area contributed by atoms with Crippen LogP contribution in [0.5, 0.6) is 0 Å². The van der Waals surface area contributed by atoms with E-state index in [9.17, 15) is 5.11 Å². The van der Waals surface area contributed by atoms with Crippen LogP contribution in [0.1, 0.15) is 5.56 Å². The largest absolute Gasteiger partial charge is 2.00 e. The Kier molecular flexibility index (Phi) is 8.25. The van der Waals surface area contributed by atoms with Gasteiger partial charge in [0.05, 0.1) is 0 Å². The van der Waals surface area contributed by atoms with Crippen molar-refractivity contribution in [2.24, 2.45) is 0 Å². The van der Waals surface area contributed by atoms with Crippen LogP contribution in [-0.2, 0) is 17.1 Å². The van der Waals surface area contributed by atoms with E-state index in [0.29, 0.717) is 0 Å². The van der Waals surface area contributed by atoms with Crippen molar-refractivity contribution in [3.05, 3.63) is 132 Å². The molecule has 0 spiro atoms. The molecule has 0 fully saturated rings. The molecule has 27 heavy (non-hydrogen) atoms. The molecule has 0 heterocycles. The zero-order valence-corrected chi connectivity index (χ0v) is 15.9. The predicted molar refractivity (Wildman–Crippen MR) is 108 cm³/mol. The van der Waals surface area contributed by atoms with E-state index in [1.165, 1.54) is 11.1 Å². The van der Waals surface area contributed by atoms with E-state index >= 15 is 0 Å². The third-order valence-electron chi connectivity index (χ3n) is 3.94. The van der Waals surface area contributed by atoms with Crippen LogP contribution in [0, 0.1) is 0 Å². The number of hydrogen-bond acceptors (Lipinski definition) is 1. The van der Waals surface area contributed by atoms with Gasteiger partial charge in [-0.15, -0.1) is 17.4 Å². The fourth-order valence-corrected chi connectivity index (χ4v) is 2.57. The molecule has 3 aromatic rings. The van der Waals surface area contributed by atoms with Crippen molar-refractivity contribution in [2.45, 2.75) is 0 Å². The Morgan fingerprint density at radius 1 is 0.778 bits per heavy atom. The molecule has 0 atom stereocenters. The third kappa shape index (κ3) is 6.38. The maximum Gasteiger partial charge on any atom is 2.00 e. The maximum atomic E-state index is 11.6. The van der Waals surface area contributed by atoms with E-state index in [0.717, 1.165) is 11.1 Å². The summed E-state index contributed by atoms with van der Waals surface area (Å²) in [5, 5.41) is 11.6. The zero-order chi connectivity index (χ0) is 18.0. The van der Waals surface area contributed by atoms with Gasteiger partial charge in [0.1, 0.15) is 0 Å². The Morgan fingerprint density at radius 3 is 2.00 bits per heavy atom. The molecule has 0 saturated carbocycles. The van der Waals surface area contributed by atoms with Gasteiger partial charge in [-0.1, -0.05) is 97.1 Å². The Bertz CT molecular complexity index is 901. The van der Waals surface area contributed by atoms with Gasteiger partial charge in [-0.3, -0.25) is 0 Å². The van der Waals surface area contributed by atoms with Gasteiger partial charge in [0.15, 0.2) is 0 Å². The van der Waals surface area contributed by atoms with Crippen molar-refractivity contribution in [1.29, 1.82) is 0 Å². The number of allylic oxidation sites excluding steroid dienone is 6. The van der Waals surface area contributed by atoms with Crippen molar-refractivity contribution in [2.75, 3.05) is 0 Å². The van der Waals surface area contributed by atoms with Crippen molar-refractivity contribution < 1.29 is 22.2 Å². The van der Waals surface area contributed by atoms with Gasteiger partial charge in [-0.2, -0.15) is 23.8 Å². The first-order valence-corrected chi connectivity index (χ1v) is 8.59. The summed E-state index contributed by atoms with van der Waals surface area (Å²) in [4.78, 5) is 0. The maximum absolute atomic E-state index is 11.6. The SMILES string of the molecule is [Fe+2].[O-]C(C=Cc1ccccc1)=C1C=CC=C1.c1ccc(-c2ccc[cH-]2)cc1. The Labute approximate surface area is 171 Å². The summed E-state index contributed by atoms with van der Waals surface area (Å²) in [6.07, 6.45) is 10.8. The summed E-state index contributed by atoms with van der Waals surface area (Å²) in [5.74, 6) is 0.0452. The van der Waals surface area contributed by atoms with Crippen molar-refractivity contribution in [3.63, 3.8) is 0 Å². The van der Waals surface area contributed by atoms with E-state index in [2.05, 4.69) is 48.5 Å². The van der Waals surface area contributed by atoms with Crippen molar-refractivity contribution >= 4 is 6.08 Å². The summed E-state index contributed by atoms with van der Waals surface area (Å²) < 4.78 is 0. The monoisotopic (exact) mass is 392 g/mol. The second-order valence-corrected chi connectivity index (χ2v) is 5.82. The molecule has 4 rings (SSSR count). The molecule has 1 aliphatic carbocycles. The van der Waals surface area contributed by atoms with Gasteiger partial charge in [0, 0.05) is 0 Å². The Morgan fingerprint density at radius 2 is 1.41 bits per heavy atom. The molecular formula is C25H20FeO. The first kappa shape index (κ1) is 20.4. The molecule has 0 N–H and O–H groups in total. The number of benzene rings is 2. The summed E-state index contributed by atoms with van der Waals surface area (Å²) in [6, 6.07) is 28.5. The molecule has 0 radical (unpaired) electrons. The van der Waals surface area contributed by atoms with Crippen LogP contribution in [-0.4, -0.2) is 0 Å². The molecule has 0 unspecified atom stereocenters. The molecule has 2 heteroatoms. The predicted octanol–water partition coefficient (Wildman–Crippen LogP) is 5.51. The number of rotatable bonds is 3. The minimum absolute atomic E-state index is 0. The second-order valence-electron chi connectivity index (χ2n) is 5.82. The van der Waals surface area contributed by atoms with Gasteiger partial charge >= 0.3 is 17.1 Å². The van der Waals surface area contributed by atoms with Gasteiger partial charge in [0.25, 0.3) is 0 Å². The third-order valence-corrected chi connectivity index (χ3v) is 3.94. The van der Waals surface area contributed by atoms with Gasteiger partial charge < -0.3 is 5.11 Å². The van der Waals surface area contributed by atoms with Gasteiger partial charge in [0.2, 0.25) is 0 Å². The molecule has 0 aliphatic heterocycles. The molecule has 0 saturated heterocycles. The van der Waals surface area contributed by atoms with E-state index in [1.807, 2.05) is 66.8 Å². The number of hydrogen-bond donors (Lipinski definition) is 0. The van der Waals surface area contributed by atoms with Gasteiger partial charge in [-0.25, -0.2) is 0 Å². The van der Waals surface area contributed by atoms with Crippen LogP contribution in [0.25, 0.3) is 17.2 Å². The summed E-state index contributed by atoms with van der Waals surface area (Å²) >= 11 is 0. The summed E-state index contributed by atoms with van der Waals surface area (Å²) in [5.41, 5.74) is 4.36. The molecule has 1 nitrogen and oxygen atoms in total. The molecule has 1 aliphatic rings. The molecule has 3 aromatic carbocycles. The quantitative estimate of drug-likeness (QED) is 0.328. The first-order valence-electron chi connectivity index (χ1n) is 8.59. The van der Waals surface area contributed by atoms with Crippen molar-refractivity contribution in [3.8, 4) is 11.1 Å². The molecule has 0 aromatic heterocycles. The van der Waals surface area contributed by atoms with E-state index in [1.54, 1.807) is 6.08 Å². The summed E-state index contributed by atoms with van der Waals surface area (Å²) in [6.45, 7) is 0. The standard InChI is InChI=1S/C14H12O.C11H9.Fe/c15-14(13-8-4-5-9-13)11-10-12-6-2-1-3-7-12;1-2-6-10(7-3-1)11-8-4-5-9-11;/h1-11,15H;1-9H;/q;-1;+2/p-1. The normalized spacial score (nSPS) is 11.8. The average Bonchev–Trinajstić information content (AvgIpc) is 3.42. The van der Waals surface area contributed by atoms with Crippen LogP contribution in [0.4, 0.5) is 0 Å². The van der Waals surface area contributed by atoms with E-state index in [-0.39, 0.29) is 22.8 Å². The second kappa shape index (κ2) is 10.9. The molecule has 134 valence electrons. The Balaban J connectivity index is 0.000000194. The minimum atomic E-state index is 0. The fourth-order valence-electron chi connectivity index (χ4n) is 2.57. The van der Waals surface area contributed by atoms with E-state index < -0.39 is 0 Å². The minimum Gasteiger partial charge on any atom is -0.872 e. The molecule has 0 bridgehead atoms. The zero-order valence-electron chi connectivity index (χ0n) is 14.8. The van der Waals surface area contributed by atoms with Gasteiger partial charge in [-0.05, 0) is 11.1 Å². The van der Waals surface area contributed by atoms with Crippen molar-refractivity contribution in [1.82, 2.24) is 0 Å². The molecular weight excluding hydrogens is 372 g/mol. The smallest absolute Gasteiger partial charge is 0.872 e. The topological polar surface area (TPSA) is 23.1 Å². The first-order chi connectivity index (χ1) is 12.8. The average molecular weight is 392 g/mol. The Hall–Kier alpha value is -2.93. The van der Waals surface area contributed by atoms with Crippen LogP contribution in [0.2, 0.25) is 0 Å². The fraction of sp³-hybridized carbons (Fsp3) is 0. The molecule has 0 amide bonds. The van der Waals surface area contributed by atoms with Crippen LogP contribution in [0.15, 0.2) is 127 Å². The van der Waals surface area contributed by atoms with Crippen LogP contribution in [0.3, 0.4) is 0 Å². The summed E-state index contributed by atoms with van der Waals surface area (Å²) in [7, 11) is 0. The van der Waals surface area contributed by atoms with Crippen LogP contribution < -0.4 is 5.11 Å². The van der Waals surface area contributed by atoms with Crippen LogP contribution >= 0.6 is 0 Å². The van der Waals surface area contributed by atoms with E-state index in [4.69, 9.17) is 0 Å².